The molecule has 0 amide bonds. The number of rotatable bonds is 6. The van der Waals surface area contributed by atoms with E-state index in [1.807, 2.05) is 36.4 Å². The maximum atomic E-state index is 10.6. The number of hydrogen-bond acceptors (Lipinski definition) is 2. The lowest BCUT2D eigenvalue weighted by Gasteiger charge is -2.05. The van der Waals surface area contributed by atoms with E-state index in [4.69, 9.17) is 16.3 Å². The molecule has 0 heterocycles. The highest BCUT2D eigenvalue weighted by Crippen LogP contribution is 2.13. The molecule has 0 aliphatic rings. The van der Waals surface area contributed by atoms with Crippen LogP contribution in [0, 0.1) is 18.8 Å². The molecule has 0 radical (unpaired) electrons. The summed E-state index contributed by atoms with van der Waals surface area (Å²) in [4.78, 5) is 10.6. The molecule has 2 aromatic carbocycles. The summed E-state index contributed by atoms with van der Waals surface area (Å²) in [5, 5.41) is -0.290. The van der Waals surface area contributed by atoms with Crippen molar-refractivity contribution in [2.45, 2.75) is 26.2 Å². The molecule has 118 valence electrons. The van der Waals surface area contributed by atoms with E-state index in [2.05, 4.69) is 30.9 Å². The van der Waals surface area contributed by atoms with Crippen LogP contribution in [-0.2, 0) is 4.79 Å². The molecule has 2 nitrogen and oxygen atoms in total. The molecule has 0 bridgehead atoms. The van der Waals surface area contributed by atoms with Gasteiger partial charge in [0.25, 0.3) is 0 Å². The van der Waals surface area contributed by atoms with Crippen LogP contribution in [0.4, 0.5) is 0 Å². The number of carbonyl (C=O) groups is 1. The van der Waals surface area contributed by atoms with Gasteiger partial charge in [-0.05, 0) is 67.8 Å². The van der Waals surface area contributed by atoms with E-state index in [0.717, 1.165) is 29.7 Å². The SMILES string of the molecule is Cc1ccc(C#Cc2ccc(OCCCCC(=O)Cl)cc2)cc1. The van der Waals surface area contributed by atoms with Crippen LogP contribution in [-0.4, -0.2) is 11.8 Å². The van der Waals surface area contributed by atoms with Crippen molar-refractivity contribution < 1.29 is 9.53 Å². The normalized spacial score (nSPS) is 9.83. The summed E-state index contributed by atoms with van der Waals surface area (Å²) < 4.78 is 5.62. The monoisotopic (exact) mass is 326 g/mol. The zero-order valence-electron chi connectivity index (χ0n) is 13.1. The van der Waals surface area contributed by atoms with Crippen LogP contribution in [0.3, 0.4) is 0 Å². The Labute approximate surface area is 142 Å². The fourth-order valence-electron chi connectivity index (χ4n) is 1.97. The Morgan fingerprint density at radius 3 is 2.09 bits per heavy atom. The second-order valence-corrected chi connectivity index (χ2v) is 5.72. The lowest BCUT2D eigenvalue weighted by molar-refractivity contribution is -0.111. The molecule has 2 rings (SSSR count). The van der Waals surface area contributed by atoms with Crippen molar-refractivity contribution in [3.63, 3.8) is 0 Å². The summed E-state index contributed by atoms with van der Waals surface area (Å²) in [5.74, 6) is 7.09. The minimum atomic E-state index is -0.290. The Morgan fingerprint density at radius 2 is 1.52 bits per heavy atom. The molecule has 0 aliphatic carbocycles. The van der Waals surface area contributed by atoms with E-state index in [0.29, 0.717) is 13.0 Å². The zero-order chi connectivity index (χ0) is 16.5. The van der Waals surface area contributed by atoms with Gasteiger partial charge in [-0.1, -0.05) is 29.5 Å². The van der Waals surface area contributed by atoms with Crippen LogP contribution in [0.5, 0.6) is 5.75 Å². The van der Waals surface area contributed by atoms with Crippen LogP contribution < -0.4 is 4.74 Å². The van der Waals surface area contributed by atoms with Gasteiger partial charge in [0.2, 0.25) is 5.24 Å². The Kier molecular flexibility index (Phi) is 6.72. The quantitative estimate of drug-likeness (QED) is 0.436. The number of unbranched alkanes of at least 4 members (excludes halogenated alkanes) is 1. The lowest BCUT2D eigenvalue weighted by atomic mass is 10.1. The van der Waals surface area contributed by atoms with Gasteiger partial charge in [-0.25, -0.2) is 0 Å². The first-order valence-corrected chi connectivity index (χ1v) is 8.01. The van der Waals surface area contributed by atoms with Crippen molar-refractivity contribution in [3.8, 4) is 17.6 Å². The molecule has 2 aromatic rings. The first-order chi connectivity index (χ1) is 11.1. The Balaban J connectivity index is 1.83. The van der Waals surface area contributed by atoms with Gasteiger partial charge in [-0.3, -0.25) is 4.79 Å². The molecule has 0 fully saturated rings. The summed E-state index contributed by atoms with van der Waals surface area (Å²) >= 11 is 5.28. The first kappa shape index (κ1) is 17.1. The van der Waals surface area contributed by atoms with Gasteiger partial charge in [-0.15, -0.1) is 0 Å². The van der Waals surface area contributed by atoms with Crippen molar-refractivity contribution in [2.75, 3.05) is 6.61 Å². The summed E-state index contributed by atoms with van der Waals surface area (Å²) in [6.45, 7) is 2.64. The van der Waals surface area contributed by atoms with Gasteiger partial charge >= 0.3 is 0 Å². The Hall–Kier alpha value is -2.24. The van der Waals surface area contributed by atoms with E-state index in [1.165, 1.54) is 5.56 Å². The van der Waals surface area contributed by atoms with Gasteiger partial charge in [0.1, 0.15) is 5.75 Å². The second-order valence-electron chi connectivity index (χ2n) is 5.30. The van der Waals surface area contributed by atoms with Gasteiger partial charge in [-0.2, -0.15) is 0 Å². The van der Waals surface area contributed by atoms with Gasteiger partial charge in [0.15, 0.2) is 0 Å². The molecule has 0 unspecified atom stereocenters. The molecular formula is C20H19ClO2. The summed E-state index contributed by atoms with van der Waals surface area (Å²) in [7, 11) is 0. The summed E-state index contributed by atoms with van der Waals surface area (Å²) in [5.41, 5.74) is 3.18. The molecular weight excluding hydrogens is 308 g/mol. The summed E-state index contributed by atoms with van der Waals surface area (Å²) in [6, 6.07) is 15.9. The van der Waals surface area contributed by atoms with Crippen molar-refractivity contribution in [1.82, 2.24) is 0 Å². The molecule has 0 saturated heterocycles. The van der Waals surface area contributed by atoms with Crippen LogP contribution in [0.1, 0.15) is 36.0 Å². The van der Waals surface area contributed by atoms with E-state index >= 15 is 0 Å². The van der Waals surface area contributed by atoms with Crippen molar-refractivity contribution in [3.05, 3.63) is 65.2 Å². The topological polar surface area (TPSA) is 26.3 Å². The lowest BCUT2D eigenvalue weighted by Crippen LogP contribution is -1.98. The third-order valence-corrected chi connectivity index (χ3v) is 3.48. The van der Waals surface area contributed by atoms with Gasteiger partial charge < -0.3 is 4.74 Å². The summed E-state index contributed by atoms with van der Waals surface area (Å²) in [6.07, 6.45) is 1.97. The van der Waals surface area contributed by atoms with E-state index < -0.39 is 0 Å². The average Bonchev–Trinajstić information content (AvgIpc) is 2.55. The number of aryl methyl sites for hydroxylation is 1. The fourth-order valence-corrected chi connectivity index (χ4v) is 2.11. The minimum absolute atomic E-state index is 0.290. The molecule has 0 N–H and O–H groups in total. The van der Waals surface area contributed by atoms with E-state index in [9.17, 15) is 4.79 Å². The molecule has 0 aliphatic heterocycles. The number of halogens is 1. The van der Waals surface area contributed by atoms with Gasteiger partial charge in [0, 0.05) is 17.5 Å². The smallest absolute Gasteiger partial charge is 0.221 e. The standard InChI is InChI=1S/C20H19ClO2/c1-16-5-7-17(8-6-16)9-10-18-11-13-19(14-12-18)23-15-3-2-4-20(21)22/h5-8,11-14H,2-4,15H2,1H3. The second kappa shape index (κ2) is 9.02. The van der Waals surface area contributed by atoms with Crippen molar-refractivity contribution in [1.29, 1.82) is 0 Å². The van der Waals surface area contributed by atoms with Crippen LogP contribution in [0.2, 0.25) is 0 Å². The maximum Gasteiger partial charge on any atom is 0.221 e. The molecule has 0 aromatic heterocycles. The highest BCUT2D eigenvalue weighted by Gasteiger charge is 1.97. The maximum absolute atomic E-state index is 10.6. The predicted molar refractivity (Wildman–Crippen MR) is 93.8 cm³/mol. The number of carbonyl (C=O) groups excluding carboxylic acids is 1. The van der Waals surface area contributed by atoms with Crippen LogP contribution in [0.15, 0.2) is 48.5 Å². The third kappa shape index (κ3) is 6.59. The number of hydrogen-bond donors (Lipinski definition) is 0. The fraction of sp³-hybridized carbons (Fsp3) is 0.250. The van der Waals surface area contributed by atoms with Crippen molar-refractivity contribution in [2.24, 2.45) is 0 Å². The number of ether oxygens (including phenoxy) is 1. The number of benzene rings is 2. The van der Waals surface area contributed by atoms with Crippen LogP contribution >= 0.6 is 11.6 Å². The predicted octanol–water partition coefficient (Wildman–Crippen LogP) is 4.71. The first-order valence-electron chi connectivity index (χ1n) is 7.63. The zero-order valence-corrected chi connectivity index (χ0v) is 13.9. The van der Waals surface area contributed by atoms with Crippen molar-refractivity contribution >= 4 is 16.8 Å². The largest absolute Gasteiger partial charge is 0.494 e. The highest BCUT2D eigenvalue weighted by atomic mass is 35.5. The van der Waals surface area contributed by atoms with E-state index in [-0.39, 0.29) is 5.24 Å². The average molecular weight is 327 g/mol. The molecule has 0 spiro atoms. The third-order valence-electron chi connectivity index (χ3n) is 3.29. The van der Waals surface area contributed by atoms with Gasteiger partial charge in [0.05, 0.1) is 6.61 Å². The molecule has 0 saturated carbocycles. The van der Waals surface area contributed by atoms with E-state index in [1.54, 1.807) is 0 Å². The molecule has 23 heavy (non-hydrogen) atoms. The Morgan fingerprint density at radius 1 is 0.957 bits per heavy atom. The highest BCUT2D eigenvalue weighted by molar-refractivity contribution is 6.63. The molecule has 0 atom stereocenters. The Bertz CT molecular complexity index is 691. The minimum Gasteiger partial charge on any atom is -0.494 e. The van der Waals surface area contributed by atoms with Crippen LogP contribution in [0.25, 0.3) is 0 Å². The molecule has 3 heteroatoms.